The standard InChI is InChI=1S/C15H18N2O3/c1-3-14(18)16-9-15(19)17-12-8-10(2)20-13-7-5-4-6-11(12)13/h3-7,10,12H,1,8-9H2,2H3,(H,16,18)(H,17,19)/t10-,12-/m1/s1. The van der Waals surface area contributed by atoms with E-state index in [0.717, 1.165) is 17.4 Å². The van der Waals surface area contributed by atoms with Crippen molar-refractivity contribution in [2.45, 2.75) is 25.5 Å². The van der Waals surface area contributed by atoms with Crippen LogP contribution >= 0.6 is 0 Å². The average molecular weight is 274 g/mol. The second-order valence-electron chi connectivity index (χ2n) is 4.74. The van der Waals surface area contributed by atoms with Gasteiger partial charge in [0.25, 0.3) is 0 Å². The topological polar surface area (TPSA) is 67.4 Å². The van der Waals surface area contributed by atoms with Gasteiger partial charge in [0.1, 0.15) is 5.75 Å². The summed E-state index contributed by atoms with van der Waals surface area (Å²) in [5.41, 5.74) is 0.967. The van der Waals surface area contributed by atoms with E-state index in [4.69, 9.17) is 4.74 Å². The molecular formula is C15H18N2O3. The molecule has 1 heterocycles. The van der Waals surface area contributed by atoms with E-state index in [1.165, 1.54) is 0 Å². The molecule has 1 aromatic rings. The first kappa shape index (κ1) is 14.1. The molecule has 1 aliphatic rings. The molecular weight excluding hydrogens is 256 g/mol. The molecule has 106 valence electrons. The first-order valence-corrected chi connectivity index (χ1v) is 6.55. The van der Waals surface area contributed by atoms with E-state index in [1.54, 1.807) is 0 Å². The Kier molecular flexibility index (Phi) is 4.40. The number of carbonyl (C=O) groups is 2. The number of fused-ring (bicyclic) bond motifs is 1. The predicted octanol–water partition coefficient (Wildman–Crippen LogP) is 1.32. The Labute approximate surface area is 118 Å². The smallest absolute Gasteiger partial charge is 0.243 e. The second-order valence-corrected chi connectivity index (χ2v) is 4.74. The van der Waals surface area contributed by atoms with E-state index in [9.17, 15) is 9.59 Å². The lowest BCUT2D eigenvalue weighted by molar-refractivity contribution is -0.124. The van der Waals surface area contributed by atoms with Crippen molar-refractivity contribution in [2.75, 3.05) is 6.54 Å². The van der Waals surface area contributed by atoms with Gasteiger partial charge >= 0.3 is 0 Å². The minimum Gasteiger partial charge on any atom is -0.490 e. The van der Waals surface area contributed by atoms with Crippen LogP contribution in [-0.4, -0.2) is 24.5 Å². The number of rotatable bonds is 4. The van der Waals surface area contributed by atoms with E-state index in [2.05, 4.69) is 17.2 Å². The molecule has 0 aromatic heterocycles. The lowest BCUT2D eigenvalue weighted by atomic mass is 9.97. The maximum atomic E-state index is 11.8. The van der Waals surface area contributed by atoms with Crippen LogP contribution in [0.15, 0.2) is 36.9 Å². The van der Waals surface area contributed by atoms with Crippen molar-refractivity contribution >= 4 is 11.8 Å². The summed E-state index contributed by atoms with van der Waals surface area (Å²) in [5.74, 6) is 0.210. The highest BCUT2D eigenvalue weighted by Crippen LogP contribution is 2.34. The van der Waals surface area contributed by atoms with Crippen LogP contribution in [0.3, 0.4) is 0 Å². The van der Waals surface area contributed by atoms with Gasteiger partial charge in [-0.05, 0) is 19.1 Å². The average Bonchev–Trinajstić information content (AvgIpc) is 2.44. The highest BCUT2D eigenvalue weighted by atomic mass is 16.5. The minimum atomic E-state index is -0.360. The molecule has 0 aliphatic carbocycles. The normalized spacial score (nSPS) is 20.2. The Morgan fingerprint density at radius 2 is 2.20 bits per heavy atom. The maximum absolute atomic E-state index is 11.8. The lowest BCUT2D eigenvalue weighted by Gasteiger charge is -2.30. The number of hydrogen-bond donors (Lipinski definition) is 2. The van der Waals surface area contributed by atoms with Crippen LogP contribution in [0.2, 0.25) is 0 Å². The number of nitrogens with one attached hydrogen (secondary N) is 2. The van der Waals surface area contributed by atoms with Crippen LogP contribution < -0.4 is 15.4 Å². The summed E-state index contributed by atoms with van der Waals surface area (Å²) >= 11 is 0. The molecule has 1 aliphatic heterocycles. The van der Waals surface area contributed by atoms with Crippen LogP contribution in [0.25, 0.3) is 0 Å². The fourth-order valence-corrected chi connectivity index (χ4v) is 2.22. The molecule has 0 spiro atoms. The summed E-state index contributed by atoms with van der Waals surface area (Å²) in [6.07, 6.45) is 1.88. The number of para-hydroxylation sites is 1. The van der Waals surface area contributed by atoms with Gasteiger partial charge in [-0.3, -0.25) is 9.59 Å². The van der Waals surface area contributed by atoms with Gasteiger partial charge in [-0.1, -0.05) is 24.8 Å². The zero-order chi connectivity index (χ0) is 14.5. The largest absolute Gasteiger partial charge is 0.490 e. The Bertz CT molecular complexity index is 528. The summed E-state index contributed by atoms with van der Waals surface area (Å²) < 4.78 is 5.72. The molecule has 0 unspecified atom stereocenters. The minimum absolute atomic E-state index is 0.0398. The first-order chi connectivity index (χ1) is 9.60. The molecule has 2 N–H and O–H groups in total. The molecule has 5 nitrogen and oxygen atoms in total. The molecule has 2 rings (SSSR count). The number of hydrogen-bond acceptors (Lipinski definition) is 3. The van der Waals surface area contributed by atoms with E-state index in [0.29, 0.717) is 6.42 Å². The monoisotopic (exact) mass is 274 g/mol. The van der Waals surface area contributed by atoms with Crippen molar-refractivity contribution in [1.29, 1.82) is 0 Å². The van der Waals surface area contributed by atoms with Crippen LogP contribution in [0.5, 0.6) is 5.75 Å². The quantitative estimate of drug-likeness (QED) is 0.814. The van der Waals surface area contributed by atoms with Gasteiger partial charge in [-0.2, -0.15) is 0 Å². The SMILES string of the molecule is C=CC(=O)NCC(=O)N[C@@H]1C[C@@H](C)Oc2ccccc21. The van der Waals surface area contributed by atoms with Gasteiger partial charge in [0.05, 0.1) is 18.7 Å². The third-order valence-corrected chi connectivity index (χ3v) is 3.13. The van der Waals surface area contributed by atoms with E-state index in [-0.39, 0.29) is 30.5 Å². The summed E-state index contributed by atoms with van der Waals surface area (Å²) in [7, 11) is 0. The van der Waals surface area contributed by atoms with Gasteiger partial charge < -0.3 is 15.4 Å². The fraction of sp³-hybridized carbons (Fsp3) is 0.333. The van der Waals surface area contributed by atoms with Crippen molar-refractivity contribution in [3.8, 4) is 5.75 Å². The molecule has 20 heavy (non-hydrogen) atoms. The van der Waals surface area contributed by atoms with E-state index >= 15 is 0 Å². The van der Waals surface area contributed by atoms with Crippen LogP contribution in [0.1, 0.15) is 24.9 Å². The zero-order valence-corrected chi connectivity index (χ0v) is 11.4. The summed E-state index contributed by atoms with van der Waals surface area (Å²) in [4.78, 5) is 22.9. The lowest BCUT2D eigenvalue weighted by Crippen LogP contribution is -2.40. The van der Waals surface area contributed by atoms with Gasteiger partial charge in [-0.15, -0.1) is 0 Å². The number of ether oxygens (including phenoxy) is 1. The van der Waals surface area contributed by atoms with Crippen molar-refractivity contribution in [3.05, 3.63) is 42.5 Å². The van der Waals surface area contributed by atoms with E-state index < -0.39 is 0 Å². The number of carbonyl (C=O) groups excluding carboxylic acids is 2. The zero-order valence-electron chi connectivity index (χ0n) is 11.4. The molecule has 0 saturated carbocycles. The van der Waals surface area contributed by atoms with Crippen LogP contribution in [0.4, 0.5) is 0 Å². The Hall–Kier alpha value is -2.30. The van der Waals surface area contributed by atoms with Crippen LogP contribution in [0, 0.1) is 0 Å². The highest BCUT2D eigenvalue weighted by molar-refractivity contribution is 5.90. The first-order valence-electron chi connectivity index (χ1n) is 6.55. The Morgan fingerprint density at radius 1 is 1.45 bits per heavy atom. The maximum Gasteiger partial charge on any atom is 0.243 e. The Balaban J connectivity index is 2.00. The molecule has 0 fully saturated rings. The molecule has 1 aromatic carbocycles. The predicted molar refractivity (Wildman–Crippen MR) is 75.2 cm³/mol. The fourth-order valence-electron chi connectivity index (χ4n) is 2.22. The van der Waals surface area contributed by atoms with Crippen molar-refractivity contribution in [2.24, 2.45) is 0 Å². The summed E-state index contributed by atoms with van der Waals surface area (Å²) in [5, 5.41) is 5.37. The number of amides is 2. The Morgan fingerprint density at radius 3 is 2.95 bits per heavy atom. The van der Waals surface area contributed by atoms with Crippen LogP contribution in [-0.2, 0) is 9.59 Å². The molecule has 0 bridgehead atoms. The summed E-state index contributed by atoms with van der Waals surface area (Å²) in [6, 6.07) is 7.55. The molecule has 2 atom stereocenters. The van der Waals surface area contributed by atoms with E-state index in [1.807, 2.05) is 31.2 Å². The molecule has 2 amide bonds. The van der Waals surface area contributed by atoms with Crippen molar-refractivity contribution < 1.29 is 14.3 Å². The second kappa shape index (κ2) is 6.23. The highest BCUT2D eigenvalue weighted by Gasteiger charge is 2.26. The van der Waals surface area contributed by atoms with Gasteiger partial charge in [0.15, 0.2) is 0 Å². The number of benzene rings is 1. The molecule has 0 saturated heterocycles. The van der Waals surface area contributed by atoms with Crippen molar-refractivity contribution in [1.82, 2.24) is 10.6 Å². The van der Waals surface area contributed by atoms with Gasteiger partial charge in [0, 0.05) is 12.0 Å². The van der Waals surface area contributed by atoms with Gasteiger partial charge in [0.2, 0.25) is 11.8 Å². The third-order valence-electron chi connectivity index (χ3n) is 3.13. The third kappa shape index (κ3) is 3.38. The molecule has 0 radical (unpaired) electrons. The summed E-state index contributed by atoms with van der Waals surface area (Å²) in [6.45, 7) is 5.24. The van der Waals surface area contributed by atoms with Crippen molar-refractivity contribution in [3.63, 3.8) is 0 Å². The molecule has 5 heteroatoms. The van der Waals surface area contributed by atoms with Gasteiger partial charge in [-0.25, -0.2) is 0 Å².